The van der Waals surface area contributed by atoms with Crippen molar-refractivity contribution < 1.29 is 14.2 Å². The molecule has 0 aromatic heterocycles. The molecule has 1 aromatic rings. The summed E-state index contributed by atoms with van der Waals surface area (Å²) in [5.41, 5.74) is -0.580. The van der Waals surface area contributed by atoms with Gasteiger partial charge in [0.05, 0.1) is 12.7 Å². The van der Waals surface area contributed by atoms with E-state index in [1.807, 2.05) is 0 Å². The molecule has 0 amide bonds. The van der Waals surface area contributed by atoms with Crippen LogP contribution in [0.5, 0.6) is 5.75 Å². The molecule has 1 aliphatic carbocycles. The van der Waals surface area contributed by atoms with Crippen LogP contribution < -0.4 is 4.74 Å². The first-order valence-corrected chi connectivity index (χ1v) is 7.15. The molecule has 2 rings (SSSR count). The average Bonchev–Trinajstić information content (AvgIpc) is 2.41. The smallest absolute Gasteiger partial charge is 0.132 e. The van der Waals surface area contributed by atoms with Crippen molar-refractivity contribution in [3.05, 3.63) is 29.6 Å². The van der Waals surface area contributed by atoms with Crippen molar-refractivity contribution in [3.8, 4) is 5.75 Å². The maximum Gasteiger partial charge on any atom is 0.132 e. The van der Waals surface area contributed by atoms with Gasteiger partial charge in [0, 0.05) is 11.6 Å². The third-order valence-corrected chi connectivity index (χ3v) is 4.31. The molecule has 3 heteroatoms. The molecule has 0 unspecified atom stereocenters. The zero-order chi connectivity index (χ0) is 13.9. The van der Waals surface area contributed by atoms with E-state index in [-0.39, 0.29) is 5.82 Å². The summed E-state index contributed by atoms with van der Waals surface area (Å²) in [6.07, 6.45) is 5.66. The van der Waals surface area contributed by atoms with Crippen molar-refractivity contribution in [1.82, 2.24) is 0 Å². The predicted octanol–water partition coefficient (Wildman–Crippen LogP) is 4.01. The van der Waals surface area contributed by atoms with E-state index in [9.17, 15) is 9.50 Å². The molecule has 0 aliphatic heterocycles. The maximum atomic E-state index is 14.1. The number of ether oxygens (including phenoxy) is 1. The molecule has 0 heterocycles. The van der Waals surface area contributed by atoms with Crippen LogP contribution >= 0.6 is 0 Å². The maximum absolute atomic E-state index is 14.1. The molecule has 0 saturated heterocycles. The zero-order valence-corrected chi connectivity index (χ0v) is 11.8. The Morgan fingerprint density at radius 2 is 2.05 bits per heavy atom. The van der Waals surface area contributed by atoms with Crippen molar-refractivity contribution in [2.45, 2.75) is 51.0 Å². The highest BCUT2D eigenvalue weighted by molar-refractivity contribution is 5.32. The van der Waals surface area contributed by atoms with Gasteiger partial charge in [0.15, 0.2) is 0 Å². The molecule has 2 nitrogen and oxygen atoms in total. The van der Waals surface area contributed by atoms with Crippen LogP contribution in [-0.4, -0.2) is 12.2 Å². The Morgan fingerprint density at radius 3 is 2.58 bits per heavy atom. The predicted molar refractivity (Wildman–Crippen MR) is 73.7 cm³/mol. The number of methoxy groups -OCH3 is 1. The van der Waals surface area contributed by atoms with E-state index in [0.717, 1.165) is 12.8 Å². The fourth-order valence-electron chi connectivity index (χ4n) is 3.12. The molecule has 19 heavy (non-hydrogen) atoms. The minimum Gasteiger partial charge on any atom is -0.497 e. The van der Waals surface area contributed by atoms with Crippen LogP contribution in [0.1, 0.15) is 51.0 Å². The minimum atomic E-state index is -0.999. The van der Waals surface area contributed by atoms with Crippen LogP contribution in [0.25, 0.3) is 0 Å². The van der Waals surface area contributed by atoms with Gasteiger partial charge in [-0.3, -0.25) is 0 Å². The first-order chi connectivity index (χ1) is 9.09. The lowest BCUT2D eigenvalue weighted by atomic mass is 9.74. The Kier molecular flexibility index (Phi) is 4.46. The van der Waals surface area contributed by atoms with Crippen molar-refractivity contribution in [2.75, 3.05) is 7.11 Å². The molecule has 0 spiro atoms. The highest BCUT2D eigenvalue weighted by Crippen LogP contribution is 2.42. The Bertz CT molecular complexity index is 423. The van der Waals surface area contributed by atoms with Gasteiger partial charge in [-0.15, -0.1) is 0 Å². The summed E-state index contributed by atoms with van der Waals surface area (Å²) in [5, 5.41) is 10.7. The number of benzene rings is 1. The number of halogens is 1. The number of aliphatic hydroxyl groups is 1. The van der Waals surface area contributed by atoms with Crippen LogP contribution in [-0.2, 0) is 5.60 Å². The Hall–Kier alpha value is -1.09. The van der Waals surface area contributed by atoms with E-state index in [4.69, 9.17) is 4.74 Å². The third-order valence-electron chi connectivity index (χ3n) is 4.31. The third kappa shape index (κ3) is 3.08. The van der Waals surface area contributed by atoms with Crippen molar-refractivity contribution in [3.63, 3.8) is 0 Å². The molecule has 0 radical (unpaired) electrons. The molecule has 106 valence electrons. The van der Waals surface area contributed by atoms with E-state index in [0.29, 0.717) is 30.1 Å². The second kappa shape index (κ2) is 5.91. The average molecular weight is 266 g/mol. The standard InChI is InChI=1S/C16H23FO2/c1-3-4-12-7-9-16(18,10-8-12)14-6-5-13(19-2)11-15(14)17/h5-6,11-12,18H,3-4,7-10H2,1-2H3. The van der Waals surface area contributed by atoms with E-state index in [1.165, 1.54) is 26.0 Å². The summed E-state index contributed by atoms with van der Waals surface area (Å²) in [6, 6.07) is 4.73. The van der Waals surface area contributed by atoms with Gasteiger partial charge >= 0.3 is 0 Å². The summed E-state index contributed by atoms with van der Waals surface area (Å²) in [4.78, 5) is 0. The number of rotatable bonds is 4. The molecule has 1 aliphatic rings. The first kappa shape index (κ1) is 14.3. The second-order valence-corrected chi connectivity index (χ2v) is 5.61. The highest BCUT2D eigenvalue weighted by Gasteiger charge is 2.36. The minimum absolute atomic E-state index is 0.365. The van der Waals surface area contributed by atoms with E-state index >= 15 is 0 Å². The topological polar surface area (TPSA) is 29.5 Å². The van der Waals surface area contributed by atoms with Crippen LogP contribution in [0.2, 0.25) is 0 Å². The van der Waals surface area contributed by atoms with Gasteiger partial charge < -0.3 is 9.84 Å². The summed E-state index contributed by atoms with van der Waals surface area (Å²) >= 11 is 0. The summed E-state index contributed by atoms with van der Waals surface area (Å²) in [5.74, 6) is 0.812. The second-order valence-electron chi connectivity index (χ2n) is 5.61. The van der Waals surface area contributed by atoms with Crippen molar-refractivity contribution in [1.29, 1.82) is 0 Å². The van der Waals surface area contributed by atoms with Crippen LogP contribution in [0.3, 0.4) is 0 Å². The Morgan fingerprint density at radius 1 is 1.37 bits per heavy atom. The zero-order valence-electron chi connectivity index (χ0n) is 11.8. The van der Waals surface area contributed by atoms with Gasteiger partial charge in [0.2, 0.25) is 0 Å². The van der Waals surface area contributed by atoms with Crippen LogP contribution in [0.4, 0.5) is 4.39 Å². The molecule has 0 bridgehead atoms. The summed E-state index contributed by atoms with van der Waals surface area (Å²) in [7, 11) is 1.51. The van der Waals surface area contributed by atoms with Gasteiger partial charge in [-0.05, 0) is 43.7 Å². The van der Waals surface area contributed by atoms with Crippen LogP contribution in [0, 0.1) is 11.7 Å². The fourth-order valence-corrected chi connectivity index (χ4v) is 3.12. The molecular formula is C16H23FO2. The highest BCUT2D eigenvalue weighted by atomic mass is 19.1. The monoisotopic (exact) mass is 266 g/mol. The SMILES string of the molecule is CCCC1CCC(O)(c2ccc(OC)cc2F)CC1. The number of hydrogen-bond donors (Lipinski definition) is 1. The normalized spacial score (nSPS) is 27.3. The summed E-state index contributed by atoms with van der Waals surface area (Å²) in [6.45, 7) is 2.18. The Balaban J connectivity index is 2.13. The van der Waals surface area contributed by atoms with Gasteiger partial charge in [-0.25, -0.2) is 4.39 Å². The quantitative estimate of drug-likeness (QED) is 0.892. The lowest BCUT2D eigenvalue weighted by Gasteiger charge is -2.36. The molecule has 0 atom stereocenters. The molecule has 1 aromatic carbocycles. The van der Waals surface area contributed by atoms with Crippen LogP contribution in [0.15, 0.2) is 18.2 Å². The lowest BCUT2D eigenvalue weighted by molar-refractivity contribution is -0.0181. The summed E-state index contributed by atoms with van der Waals surface area (Å²) < 4.78 is 19.1. The van der Waals surface area contributed by atoms with Gasteiger partial charge in [0.25, 0.3) is 0 Å². The van der Waals surface area contributed by atoms with E-state index in [2.05, 4.69) is 6.92 Å². The van der Waals surface area contributed by atoms with Gasteiger partial charge in [-0.2, -0.15) is 0 Å². The first-order valence-electron chi connectivity index (χ1n) is 7.15. The van der Waals surface area contributed by atoms with E-state index < -0.39 is 5.60 Å². The van der Waals surface area contributed by atoms with E-state index in [1.54, 1.807) is 12.1 Å². The lowest BCUT2D eigenvalue weighted by Crippen LogP contribution is -2.32. The Labute approximate surface area is 114 Å². The molecule has 1 fully saturated rings. The van der Waals surface area contributed by atoms with Gasteiger partial charge in [0.1, 0.15) is 11.6 Å². The van der Waals surface area contributed by atoms with Crippen molar-refractivity contribution >= 4 is 0 Å². The fraction of sp³-hybridized carbons (Fsp3) is 0.625. The number of hydrogen-bond acceptors (Lipinski definition) is 2. The van der Waals surface area contributed by atoms with Crippen molar-refractivity contribution in [2.24, 2.45) is 5.92 Å². The molecular weight excluding hydrogens is 243 g/mol. The molecule has 1 N–H and O–H groups in total. The largest absolute Gasteiger partial charge is 0.497 e. The molecule has 1 saturated carbocycles. The van der Waals surface area contributed by atoms with Gasteiger partial charge in [-0.1, -0.05) is 19.8 Å².